The van der Waals surface area contributed by atoms with E-state index in [9.17, 15) is 23.1 Å². The van der Waals surface area contributed by atoms with Crippen molar-refractivity contribution in [2.45, 2.75) is 19.1 Å². The lowest BCUT2D eigenvalue weighted by molar-refractivity contribution is -0.138. The largest absolute Gasteiger partial charge is 0.505 e. The third-order valence-electron chi connectivity index (χ3n) is 5.02. The van der Waals surface area contributed by atoms with Crippen LogP contribution in [-0.4, -0.2) is 11.0 Å². The summed E-state index contributed by atoms with van der Waals surface area (Å²) < 4.78 is 39.4. The van der Waals surface area contributed by atoms with Crippen molar-refractivity contribution in [3.8, 4) is 5.75 Å². The van der Waals surface area contributed by atoms with Gasteiger partial charge in [-0.25, -0.2) is 0 Å². The van der Waals surface area contributed by atoms with Crippen LogP contribution in [0.2, 0.25) is 10.0 Å². The molecule has 0 saturated carbocycles. The number of amides is 1. The highest BCUT2D eigenvalue weighted by molar-refractivity contribution is 6.39. The second-order valence-electron chi connectivity index (χ2n) is 6.98. The first-order valence-electron chi connectivity index (χ1n) is 9.18. The highest BCUT2D eigenvalue weighted by Crippen LogP contribution is 2.46. The minimum absolute atomic E-state index is 0.00893. The van der Waals surface area contributed by atoms with Gasteiger partial charge in [-0.1, -0.05) is 41.4 Å². The molecule has 0 aromatic heterocycles. The number of phenolic OH excluding ortho intramolecular Hbond substituents is 1. The minimum Gasteiger partial charge on any atom is -0.505 e. The fourth-order valence-electron chi connectivity index (χ4n) is 3.53. The van der Waals surface area contributed by atoms with Gasteiger partial charge < -0.3 is 10.4 Å². The second-order valence-corrected chi connectivity index (χ2v) is 7.77. The first kappa shape index (κ1) is 21.3. The van der Waals surface area contributed by atoms with E-state index in [0.29, 0.717) is 22.6 Å². The van der Waals surface area contributed by atoms with Crippen LogP contribution in [0.1, 0.15) is 16.7 Å². The van der Waals surface area contributed by atoms with Crippen LogP contribution >= 0.6 is 23.2 Å². The monoisotopic (exact) mass is 466 g/mol. The van der Waals surface area contributed by atoms with Crippen molar-refractivity contribution in [1.29, 1.82) is 0 Å². The number of rotatable bonds is 4. The van der Waals surface area contributed by atoms with E-state index in [0.717, 1.165) is 6.07 Å². The summed E-state index contributed by atoms with van der Waals surface area (Å²) in [5.74, 6) is -0.506. The van der Waals surface area contributed by atoms with Crippen molar-refractivity contribution in [3.05, 3.63) is 81.3 Å². The molecule has 0 fully saturated rings. The molecule has 4 nitrogen and oxygen atoms in total. The molecule has 0 saturated heterocycles. The number of anilines is 3. The summed E-state index contributed by atoms with van der Waals surface area (Å²) in [6.07, 6.45) is -4.41. The summed E-state index contributed by atoms with van der Waals surface area (Å²) in [7, 11) is 0. The lowest BCUT2D eigenvalue weighted by atomic mass is 10.1. The van der Waals surface area contributed by atoms with E-state index in [1.165, 1.54) is 23.1 Å². The topological polar surface area (TPSA) is 52.6 Å². The molecule has 0 radical (unpaired) electrons. The lowest BCUT2D eigenvalue weighted by Gasteiger charge is -2.19. The van der Waals surface area contributed by atoms with Crippen LogP contribution in [0.3, 0.4) is 0 Å². The van der Waals surface area contributed by atoms with Gasteiger partial charge in [0.2, 0.25) is 5.91 Å². The molecule has 0 aliphatic carbocycles. The number of carbonyl (C=O) groups excluding carboxylic acids is 1. The summed E-state index contributed by atoms with van der Waals surface area (Å²) in [4.78, 5) is 14.0. The Hall–Kier alpha value is -2.90. The molecule has 4 rings (SSSR count). The van der Waals surface area contributed by atoms with Gasteiger partial charge in [0.1, 0.15) is 0 Å². The Labute approximate surface area is 185 Å². The zero-order valence-corrected chi connectivity index (χ0v) is 17.3. The number of fused-ring (bicyclic) bond motifs is 1. The predicted molar refractivity (Wildman–Crippen MR) is 114 cm³/mol. The van der Waals surface area contributed by atoms with Gasteiger partial charge in [-0.2, -0.15) is 13.2 Å². The van der Waals surface area contributed by atoms with Crippen LogP contribution in [0.5, 0.6) is 5.75 Å². The number of phenols is 1. The maximum Gasteiger partial charge on any atom is 0.416 e. The van der Waals surface area contributed by atoms with Gasteiger partial charge in [-0.05, 0) is 42.0 Å². The number of alkyl halides is 3. The van der Waals surface area contributed by atoms with E-state index in [2.05, 4.69) is 5.32 Å². The molecule has 160 valence electrons. The van der Waals surface area contributed by atoms with Gasteiger partial charge in [-0.15, -0.1) is 0 Å². The molecule has 1 aliphatic heterocycles. The molecule has 0 spiro atoms. The molecule has 0 unspecified atom stereocenters. The Morgan fingerprint density at radius 2 is 1.74 bits per heavy atom. The number of nitrogens with zero attached hydrogens (tertiary/aromatic N) is 1. The molecular weight excluding hydrogens is 452 g/mol. The number of aromatic hydroxyl groups is 1. The Morgan fingerprint density at radius 3 is 2.42 bits per heavy atom. The van der Waals surface area contributed by atoms with Crippen LogP contribution in [0, 0.1) is 0 Å². The van der Waals surface area contributed by atoms with E-state index in [1.807, 2.05) is 0 Å². The van der Waals surface area contributed by atoms with Crippen molar-refractivity contribution >= 4 is 46.2 Å². The van der Waals surface area contributed by atoms with E-state index in [-0.39, 0.29) is 40.2 Å². The molecule has 9 heteroatoms. The van der Waals surface area contributed by atoms with Crippen LogP contribution in [-0.2, 0) is 23.9 Å². The third-order valence-corrected chi connectivity index (χ3v) is 5.72. The average molecular weight is 467 g/mol. The fraction of sp³-hybridized carbons (Fsp3) is 0.136. The standard InChI is InChI=1S/C22H15Cl2F3N2O2/c23-17-10-18-15(20(24)21(17)31)9-19(30)29(18)14-7-5-13(6-8-14)28-11-12-3-1-2-4-16(12)22(25,26)27/h1-8,10,28,31H,9,11H2. The van der Waals surface area contributed by atoms with Crippen molar-refractivity contribution in [3.63, 3.8) is 0 Å². The predicted octanol–water partition coefficient (Wildman–Crippen LogP) is 6.55. The number of benzene rings is 3. The van der Waals surface area contributed by atoms with Crippen molar-refractivity contribution in [2.24, 2.45) is 0 Å². The zero-order valence-electron chi connectivity index (χ0n) is 15.8. The molecular formula is C22H15Cl2F3N2O2. The van der Waals surface area contributed by atoms with E-state index in [1.54, 1.807) is 30.3 Å². The maximum absolute atomic E-state index is 13.1. The van der Waals surface area contributed by atoms with E-state index in [4.69, 9.17) is 23.2 Å². The summed E-state index contributed by atoms with van der Waals surface area (Å²) in [5, 5.41) is 12.9. The molecule has 1 aliphatic rings. The first-order chi connectivity index (χ1) is 14.7. The molecule has 2 N–H and O–H groups in total. The number of nitrogens with one attached hydrogen (secondary N) is 1. The first-order valence-corrected chi connectivity index (χ1v) is 9.94. The molecule has 1 amide bonds. The van der Waals surface area contributed by atoms with Crippen molar-refractivity contribution in [2.75, 3.05) is 10.2 Å². The Bertz CT molecular complexity index is 1160. The van der Waals surface area contributed by atoms with Crippen LogP contribution in [0.25, 0.3) is 0 Å². The summed E-state index contributed by atoms with van der Waals surface area (Å²) in [6.45, 7) is -0.00893. The van der Waals surface area contributed by atoms with Gasteiger partial charge in [-0.3, -0.25) is 9.69 Å². The van der Waals surface area contributed by atoms with Gasteiger partial charge in [0, 0.05) is 23.5 Å². The number of hydrogen-bond donors (Lipinski definition) is 2. The number of carbonyl (C=O) groups is 1. The summed E-state index contributed by atoms with van der Waals surface area (Å²) >= 11 is 12.1. The van der Waals surface area contributed by atoms with E-state index < -0.39 is 11.7 Å². The van der Waals surface area contributed by atoms with Crippen LogP contribution in [0.4, 0.5) is 30.2 Å². The highest BCUT2D eigenvalue weighted by atomic mass is 35.5. The summed E-state index contributed by atoms with van der Waals surface area (Å²) in [6, 6.07) is 13.5. The number of hydrogen-bond acceptors (Lipinski definition) is 3. The van der Waals surface area contributed by atoms with Gasteiger partial charge in [0.15, 0.2) is 5.75 Å². The molecule has 1 heterocycles. The fourth-order valence-corrected chi connectivity index (χ4v) is 4.04. The van der Waals surface area contributed by atoms with Gasteiger partial charge >= 0.3 is 6.18 Å². The molecule has 0 atom stereocenters. The van der Waals surface area contributed by atoms with E-state index >= 15 is 0 Å². The second kappa shape index (κ2) is 7.98. The Morgan fingerprint density at radius 1 is 1.06 bits per heavy atom. The quantitative estimate of drug-likeness (QED) is 0.458. The normalized spacial score (nSPS) is 13.5. The van der Waals surface area contributed by atoms with Crippen LogP contribution in [0.15, 0.2) is 54.6 Å². The minimum atomic E-state index is -4.43. The smallest absolute Gasteiger partial charge is 0.416 e. The highest BCUT2D eigenvalue weighted by Gasteiger charge is 2.33. The molecule has 3 aromatic rings. The Kier molecular flexibility index (Phi) is 5.49. The van der Waals surface area contributed by atoms with Crippen LogP contribution < -0.4 is 10.2 Å². The third kappa shape index (κ3) is 4.03. The summed E-state index contributed by atoms with van der Waals surface area (Å²) in [5.41, 5.74) is 1.55. The van der Waals surface area contributed by atoms with Crippen molar-refractivity contribution in [1.82, 2.24) is 0 Å². The average Bonchev–Trinajstić information content (AvgIpc) is 3.06. The molecule has 3 aromatic carbocycles. The number of halogens is 5. The van der Waals surface area contributed by atoms with Gasteiger partial charge in [0.05, 0.1) is 27.7 Å². The molecule has 31 heavy (non-hydrogen) atoms. The molecule has 0 bridgehead atoms. The lowest BCUT2D eigenvalue weighted by Crippen LogP contribution is -2.20. The Balaban J connectivity index is 1.55. The zero-order chi connectivity index (χ0) is 22.3. The SMILES string of the molecule is O=C1Cc2c(cc(Cl)c(O)c2Cl)N1c1ccc(NCc2ccccc2C(F)(F)F)cc1. The maximum atomic E-state index is 13.1. The van der Waals surface area contributed by atoms with Crippen molar-refractivity contribution < 1.29 is 23.1 Å². The van der Waals surface area contributed by atoms with Gasteiger partial charge in [0.25, 0.3) is 0 Å².